The van der Waals surface area contributed by atoms with Crippen LogP contribution in [-0.4, -0.2) is 18.7 Å². The van der Waals surface area contributed by atoms with Crippen LogP contribution in [0.15, 0.2) is 28.3 Å². The van der Waals surface area contributed by atoms with E-state index in [1.807, 2.05) is 28.3 Å². The predicted molar refractivity (Wildman–Crippen MR) is 87.0 cm³/mol. The molecular formula is C16H17IO3. The molecule has 0 aliphatic heterocycles. The molecule has 0 radical (unpaired) electrons. The van der Waals surface area contributed by atoms with Gasteiger partial charge in [0.05, 0.1) is 7.11 Å². The highest BCUT2D eigenvalue weighted by Crippen LogP contribution is 2.47. The second kappa shape index (κ2) is 6.08. The lowest BCUT2D eigenvalue weighted by atomic mass is 9.72. The molecule has 0 amide bonds. The predicted octanol–water partition coefficient (Wildman–Crippen LogP) is 3.80. The maximum Gasteiger partial charge on any atom is 0.150 e. The van der Waals surface area contributed by atoms with E-state index in [-0.39, 0.29) is 11.6 Å². The second-order valence-corrected chi connectivity index (χ2v) is 5.61. The lowest BCUT2D eigenvalue weighted by Crippen LogP contribution is -2.34. The number of hydrogen-bond donors (Lipinski definition) is 0. The molecule has 1 aromatic rings. The number of methoxy groups -OCH3 is 1. The number of benzene rings is 1. The second-order valence-electron chi connectivity index (χ2n) is 4.99. The minimum atomic E-state index is -0.949. The Bertz CT molecular complexity index is 560. The van der Waals surface area contributed by atoms with Crippen LogP contribution in [0.4, 0.5) is 0 Å². The van der Waals surface area contributed by atoms with E-state index in [4.69, 9.17) is 4.74 Å². The van der Waals surface area contributed by atoms with Crippen LogP contribution in [0.2, 0.25) is 0 Å². The van der Waals surface area contributed by atoms with E-state index in [9.17, 15) is 9.59 Å². The summed E-state index contributed by atoms with van der Waals surface area (Å²) in [5, 5.41) is 0. The molecular weight excluding hydrogens is 367 g/mol. The van der Waals surface area contributed by atoms with Crippen molar-refractivity contribution in [2.45, 2.75) is 26.2 Å². The largest absolute Gasteiger partial charge is 0.497 e. The van der Waals surface area contributed by atoms with Gasteiger partial charge in [0.15, 0.2) is 5.78 Å². The van der Waals surface area contributed by atoms with Gasteiger partial charge in [-0.2, -0.15) is 0 Å². The molecule has 0 N–H and O–H groups in total. The number of ketones is 2. The third kappa shape index (κ3) is 2.41. The van der Waals surface area contributed by atoms with Crippen molar-refractivity contribution in [2.24, 2.45) is 5.41 Å². The topological polar surface area (TPSA) is 43.4 Å². The highest BCUT2D eigenvalue weighted by atomic mass is 127. The molecule has 1 fully saturated rings. The van der Waals surface area contributed by atoms with E-state index in [2.05, 4.69) is 22.6 Å². The van der Waals surface area contributed by atoms with Gasteiger partial charge in [-0.3, -0.25) is 9.59 Å². The van der Waals surface area contributed by atoms with Gasteiger partial charge in [-0.15, -0.1) is 0 Å². The number of carbonyl (C=O) groups is 2. The molecule has 0 bridgehead atoms. The summed E-state index contributed by atoms with van der Waals surface area (Å²) in [6.45, 7) is 1.52. The van der Waals surface area contributed by atoms with Crippen LogP contribution in [0.3, 0.4) is 0 Å². The molecule has 106 valence electrons. The van der Waals surface area contributed by atoms with Crippen molar-refractivity contribution in [2.75, 3.05) is 7.11 Å². The summed E-state index contributed by atoms with van der Waals surface area (Å²) in [6, 6.07) is 7.50. The van der Waals surface area contributed by atoms with Crippen LogP contribution in [-0.2, 0) is 9.59 Å². The number of rotatable bonds is 4. The summed E-state index contributed by atoms with van der Waals surface area (Å²) in [4.78, 5) is 24.5. The Morgan fingerprint density at radius 1 is 1.35 bits per heavy atom. The van der Waals surface area contributed by atoms with Crippen LogP contribution >= 0.6 is 22.6 Å². The molecule has 1 aliphatic rings. The summed E-state index contributed by atoms with van der Waals surface area (Å²) in [5.41, 5.74) is 0.775. The van der Waals surface area contributed by atoms with Crippen LogP contribution in [0, 0.1) is 5.41 Å². The number of halogens is 1. The lowest BCUT2D eigenvalue weighted by Gasteiger charge is -2.27. The first-order valence-corrected chi connectivity index (χ1v) is 7.80. The van der Waals surface area contributed by atoms with Gasteiger partial charge in [0.2, 0.25) is 0 Å². The number of allylic oxidation sites excluding steroid dienone is 1. The number of carbonyl (C=O) groups excluding carboxylic acids is 2. The Kier molecular flexibility index (Phi) is 4.62. The van der Waals surface area contributed by atoms with Gasteiger partial charge < -0.3 is 4.74 Å². The summed E-state index contributed by atoms with van der Waals surface area (Å²) >= 11 is 2.12. The van der Waals surface area contributed by atoms with Crippen LogP contribution in [0.25, 0.3) is 5.57 Å². The lowest BCUT2D eigenvalue weighted by molar-refractivity contribution is -0.133. The summed E-state index contributed by atoms with van der Waals surface area (Å²) in [7, 11) is 1.61. The van der Waals surface area contributed by atoms with E-state index in [0.717, 1.165) is 23.3 Å². The molecule has 1 saturated carbocycles. The van der Waals surface area contributed by atoms with Crippen molar-refractivity contribution >= 4 is 39.7 Å². The van der Waals surface area contributed by atoms with Gasteiger partial charge in [0.1, 0.15) is 16.9 Å². The van der Waals surface area contributed by atoms with E-state index in [1.165, 1.54) is 6.92 Å². The number of Topliss-reactive ketones (excluding diaryl/α,β-unsaturated/α-hetero) is 2. The standard InChI is InChI=1S/C16H17IO3/c1-11(18)16(9-3-4-15(16)19)14(10-17)12-5-7-13(20-2)8-6-12/h5-8,10H,3-4,9H2,1-2H3/b14-10+. The molecule has 2 rings (SSSR count). The number of hydrogen-bond acceptors (Lipinski definition) is 3. The third-order valence-electron chi connectivity index (χ3n) is 4.00. The first-order chi connectivity index (χ1) is 9.56. The maximum absolute atomic E-state index is 12.3. The Balaban J connectivity index is 2.50. The van der Waals surface area contributed by atoms with Crippen molar-refractivity contribution in [1.29, 1.82) is 0 Å². The molecule has 20 heavy (non-hydrogen) atoms. The fourth-order valence-corrected chi connectivity index (χ4v) is 3.78. The van der Waals surface area contributed by atoms with E-state index >= 15 is 0 Å². The Hall–Kier alpha value is -1.17. The summed E-state index contributed by atoms with van der Waals surface area (Å²) < 4.78 is 7.01. The highest BCUT2D eigenvalue weighted by molar-refractivity contribution is 14.1. The van der Waals surface area contributed by atoms with Crippen molar-refractivity contribution in [3.05, 3.63) is 33.9 Å². The van der Waals surface area contributed by atoms with E-state index < -0.39 is 5.41 Å². The molecule has 3 nitrogen and oxygen atoms in total. The first-order valence-electron chi connectivity index (χ1n) is 6.56. The maximum atomic E-state index is 12.3. The van der Waals surface area contributed by atoms with Crippen LogP contribution in [0.5, 0.6) is 5.75 Å². The average molecular weight is 384 g/mol. The zero-order chi connectivity index (χ0) is 14.8. The molecule has 0 saturated heterocycles. The van der Waals surface area contributed by atoms with E-state index in [0.29, 0.717) is 12.8 Å². The quantitative estimate of drug-likeness (QED) is 0.586. The van der Waals surface area contributed by atoms with E-state index in [1.54, 1.807) is 7.11 Å². The minimum Gasteiger partial charge on any atom is -0.497 e. The Morgan fingerprint density at radius 3 is 2.40 bits per heavy atom. The van der Waals surface area contributed by atoms with Gasteiger partial charge in [-0.1, -0.05) is 34.7 Å². The smallest absolute Gasteiger partial charge is 0.150 e. The van der Waals surface area contributed by atoms with Crippen molar-refractivity contribution in [3.63, 3.8) is 0 Å². The van der Waals surface area contributed by atoms with Gasteiger partial charge in [0.25, 0.3) is 0 Å². The molecule has 1 aromatic carbocycles. The molecule has 0 heterocycles. The average Bonchev–Trinajstić information content (AvgIpc) is 2.83. The van der Waals surface area contributed by atoms with Gasteiger partial charge >= 0.3 is 0 Å². The molecule has 1 unspecified atom stereocenters. The fourth-order valence-electron chi connectivity index (χ4n) is 2.89. The van der Waals surface area contributed by atoms with Gasteiger partial charge in [-0.25, -0.2) is 0 Å². The SMILES string of the molecule is COc1ccc(/C(=C\I)C2(C(C)=O)CCCC2=O)cc1. The third-order valence-corrected chi connectivity index (χ3v) is 4.63. The van der Waals surface area contributed by atoms with Gasteiger partial charge in [0, 0.05) is 6.42 Å². The Labute approximate surface area is 132 Å². The number of ether oxygens (including phenoxy) is 1. The van der Waals surface area contributed by atoms with Crippen molar-refractivity contribution < 1.29 is 14.3 Å². The van der Waals surface area contributed by atoms with Crippen LogP contribution < -0.4 is 4.74 Å². The summed E-state index contributed by atoms with van der Waals surface area (Å²) in [5.74, 6) is 0.749. The summed E-state index contributed by atoms with van der Waals surface area (Å²) in [6.07, 6.45) is 1.88. The van der Waals surface area contributed by atoms with Crippen molar-refractivity contribution in [3.8, 4) is 5.75 Å². The molecule has 0 aromatic heterocycles. The normalized spacial score (nSPS) is 22.9. The fraction of sp³-hybridized carbons (Fsp3) is 0.375. The molecule has 1 aliphatic carbocycles. The molecule has 4 heteroatoms. The molecule has 0 spiro atoms. The van der Waals surface area contributed by atoms with Gasteiger partial charge in [-0.05, 0) is 47.1 Å². The van der Waals surface area contributed by atoms with Crippen molar-refractivity contribution in [1.82, 2.24) is 0 Å². The highest BCUT2D eigenvalue weighted by Gasteiger charge is 2.49. The monoisotopic (exact) mass is 384 g/mol. The first kappa shape index (κ1) is 15.2. The Morgan fingerprint density at radius 2 is 2.00 bits per heavy atom. The zero-order valence-corrected chi connectivity index (χ0v) is 13.8. The van der Waals surface area contributed by atoms with Crippen LogP contribution in [0.1, 0.15) is 31.7 Å². The minimum absolute atomic E-state index is 0.0451. The zero-order valence-electron chi connectivity index (χ0n) is 11.6. The molecule has 1 atom stereocenters.